The molecule has 1 fully saturated rings. The van der Waals surface area contributed by atoms with Crippen LogP contribution in [0.2, 0.25) is 0 Å². The second-order valence-electron chi connectivity index (χ2n) is 6.72. The molecule has 4 unspecified atom stereocenters. The van der Waals surface area contributed by atoms with E-state index in [-0.39, 0.29) is 16.7 Å². The summed E-state index contributed by atoms with van der Waals surface area (Å²) in [7, 11) is 1.19. The molecule has 4 atom stereocenters. The molecule has 0 bridgehead atoms. The van der Waals surface area contributed by atoms with Crippen molar-refractivity contribution in [3.63, 3.8) is 0 Å². The van der Waals surface area contributed by atoms with Crippen LogP contribution in [0.25, 0.3) is 0 Å². The summed E-state index contributed by atoms with van der Waals surface area (Å²) >= 11 is 0. The average molecular weight is 376 g/mol. The fraction of sp³-hybridized carbons (Fsp3) is 0.450. The Balaban J connectivity index is 2.56. The highest BCUT2D eigenvalue weighted by Crippen LogP contribution is 2.36. The highest BCUT2D eigenvalue weighted by molar-refractivity contribution is 5.93. The Kier molecular flexibility index (Phi) is 6.38. The molecule has 7 nitrogen and oxygen atoms in total. The molecule has 0 amide bonds. The number of ether oxygens (including phenoxy) is 3. The van der Waals surface area contributed by atoms with Crippen molar-refractivity contribution >= 4 is 17.9 Å². The van der Waals surface area contributed by atoms with Gasteiger partial charge in [-0.3, -0.25) is 0 Å². The Morgan fingerprint density at radius 2 is 2.04 bits per heavy atom. The second-order valence-corrected chi connectivity index (χ2v) is 6.72. The Morgan fingerprint density at radius 1 is 1.37 bits per heavy atom. The van der Waals surface area contributed by atoms with Gasteiger partial charge in [-0.05, 0) is 32.8 Å². The summed E-state index contributed by atoms with van der Waals surface area (Å²) in [4.78, 5) is 36.4. The molecular formula is C20H24O7. The Bertz CT molecular complexity index is 743. The molecule has 0 aromatic rings. The van der Waals surface area contributed by atoms with Gasteiger partial charge >= 0.3 is 17.9 Å². The van der Waals surface area contributed by atoms with Gasteiger partial charge in [0.05, 0.1) is 18.6 Å². The average Bonchev–Trinajstić information content (AvgIpc) is 2.88. The fourth-order valence-electron chi connectivity index (χ4n) is 3.13. The number of esters is 3. The Labute approximate surface area is 158 Å². The fourth-order valence-corrected chi connectivity index (χ4v) is 3.13. The summed E-state index contributed by atoms with van der Waals surface area (Å²) in [5.74, 6) is -2.99. The van der Waals surface area contributed by atoms with Crippen LogP contribution in [0.1, 0.15) is 26.7 Å². The molecule has 0 aromatic carbocycles. The molecule has 27 heavy (non-hydrogen) atoms. The number of rotatable bonds is 3. The number of methoxy groups -OCH3 is 1. The summed E-state index contributed by atoms with van der Waals surface area (Å²) in [5, 5.41) is 10.9. The van der Waals surface area contributed by atoms with E-state index in [9.17, 15) is 19.5 Å². The molecule has 146 valence electrons. The zero-order valence-electron chi connectivity index (χ0n) is 15.7. The lowest BCUT2D eigenvalue weighted by Gasteiger charge is -2.31. The lowest BCUT2D eigenvalue weighted by atomic mass is 9.83. The molecule has 1 aliphatic heterocycles. The van der Waals surface area contributed by atoms with Crippen LogP contribution in [0.15, 0.2) is 47.6 Å². The van der Waals surface area contributed by atoms with Crippen LogP contribution >= 0.6 is 0 Å². The number of carbonyl (C=O) groups excluding carboxylic acids is 3. The highest BCUT2D eigenvalue weighted by Gasteiger charge is 2.48. The first kappa shape index (κ1) is 20.6. The minimum Gasteiger partial charge on any atom is -0.466 e. The summed E-state index contributed by atoms with van der Waals surface area (Å²) in [6.45, 7) is 10.6. The van der Waals surface area contributed by atoms with Crippen molar-refractivity contribution in [1.82, 2.24) is 0 Å². The third-order valence-electron chi connectivity index (χ3n) is 4.61. The number of allylic oxidation sites excluding steroid dienone is 2. The van der Waals surface area contributed by atoms with Gasteiger partial charge in [0.25, 0.3) is 0 Å². The van der Waals surface area contributed by atoms with E-state index in [2.05, 4.69) is 13.2 Å². The summed E-state index contributed by atoms with van der Waals surface area (Å²) < 4.78 is 15.5. The Morgan fingerprint density at radius 3 is 2.63 bits per heavy atom. The molecule has 0 saturated carbocycles. The number of carbonyl (C=O) groups is 3. The molecule has 1 saturated heterocycles. The van der Waals surface area contributed by atoms with E-state index in [1.165, 1.54) is 14.0 Å². The zero-order valence-corrected chi connectivity index (χ0v) is 15.7. The van der Waals surface area contributed by atoms with Crippen LogP contribution in [-0.4, -0.2) is 48.4 Å². The first-order chi connectivity index (χ1) is 12.7. The van der Waals surface area contributed by atoms with Gasteiger partial charge < -0.3 is 19.3 Å². The SMILES string of the molecule is C=C(C)C(=O)OC1C(O)C(C(=O)OC)=CCCC(C)=CC2OC(=O)C(=C)C21. The molecule has 0 spiro atoms. The van der Waals surface area contributed by atoms with E-state index < -0.39 is 42.1 Å². The lowest BCUT2D eigenvalue weighted by Crippen LogP contribution is -2.44. The molecule has 2 aliphatic rings. The predicted octanol–water partition coefficient (Wildman–Crippen LogP) is 1.77. The van der Waals surface area contributed by atoms with Crippen molar-refractivity contribution in [3.8, 4) is 0 Å². The minimum absolute atomic E-state index is 0.0439. The van der Waals surface area contributed by atoms with Gasteiger partial charge in [0.2, 0.25) is 0 Å². The summed E-state index contributed by atoms with van der Waals surface area (Å²) in [6, 6.07) is 0. The van der Waals surface area contributed by atoms with E-state index >= 15 is 0 Å². The van der Waals surface area contributed by atoms with Gasteiger partial charge in [0, 0.05) is 11.1 Å². The van der Waals surface area contributed by atoms with Gasteiger partial charge in [0.1, 0.15) is 18.3 Å². The molecular weight excluding hydrogens is 352 g/mol. The highest BCUT2D eigenvalue weighted by atomic mass is 16.6. The van der Waals surface area contributed by atoms with Gasteiger partial charge in [0.15, 0.2) is 0 Å². The molecule has 2 rings (SSSR count). The number of fused-ring (bicyclic) bond motifs is 1. The van der Waals surface area contributed by atoms with E-state index in [4.69, 9.17) is 14.2 Å². The number of aliphatic hydroxyl groups excluding tert-OH is 1. The van der Waals surface area contributed by atoms with Crippen LogP contribution in [0.5, 0.6) is 0 Å². The predicted molar refractivity (Wildman–Crippen MR) is 96.3 cm³/mol. The maximum Gasteiger partial charge on any atom is 0.336 e. The van der Waals surface area contributed by atoms with Crippen LogP contribution < -0.4 is 0 Å². The summed E-state index contributed by atoms with van der Waals surface area (Å²) in [5.41, 5.74) is 1.06. The monoisotopic (exact) mass is 376 g/mol. The second kappa shape index (κ2) is 8.35. The molecule has 1 N–H and O–H groups in total. The number of hydrogen-bond acceptors (Lipinski definition) is 7. The largest absolute Gasteiger partial charge is 0.466 e. The standard InChI is InChI=1S/C20H24O7/c1-10(2)18(22)27-17-15-12(4)19(23)26-14(15)9-11(3)7-6-8-13(16(17)21)20(24)25-5/h8-9,14-17,21H,1,4,6-7H2,2-3,5H3. The topological polar surface area (TPSA) is 99.1 Å². The third kappa shape index (κ3) is 4.36. The van der Waals surface area contributed by atoms with Crippen LogP contribution in [0.3, 0.4) is 0 Å². The van der Waals surface area contributed by atoms with Gasteiger partial charge in [-0.25, -0.2) is 14.4 Å². The number of hydrogen-bond donors (Lipinski definition) is 1. The molecule has 0 radical (unpaired) electrons. The maximum absolute atomic E-state index is 12.2. The third-order valence-corrected chi connectivity index (χ3v) is 4.61. The molecule has 1 heterocycles. The van der Waals surface area contributed by atoms with E-state index in [1.807, 2.05) is 6.92 Å². The Hall–Kier alpha value is -2.67. The van der Waals surface area contributed by atoms with E-state index in [1.54, 1.807) is 12.2 Å². The van der Waals surface area contributed by atoms with Gasteiger partial charge in [-0.15, -0.1) is 0 Å². The van der Waals surface area contributed by atoms with Crippen LogP contribution in [0, 0.1) is 5.92 Å². The first-order valence-corrected chi connectivity index (χ1v) is 8.57. The van der Waals surface area contributed by atoms with Crippen LogP contribution in [-0.2, 0) is 28.6 Å². The van der Waals surface area contributed by atoms with Crippen molar-refractivity contribution in [2.75, 3.05) is 7.11 Å². The van der Waals surface area contributed by atoms with Crippen molar-refractivity contribution in [1.29, 1.82) is 0 Å². The first-order valence-electron chi connectivity index (χ1n) is 8.57. The normalized spacial score (nSPS) is 28.3. The van der Waals surface area contributed by atoms with E-state index in [0.717, 1.165) is 5.57 Å². The van der Waals surface area contributed by atoms with Crippen molar-refractivity contribution in [2.24, 2.45) is 5.92 Å². The smallest absolute Gasteiger partial charge is 0.336 e. The van der Waals surface area contributed by atoms with Gasteiger partial charge in [-0.2, -0.15) is 0 Å². The van der Waals surface area contributed by atoms with Crippen molar-refractivity contribution in [2.45, 2.75) is 45.0 Å². The van der Waals surface area contributed by atoms with Crippen molar-refractivity contribution < 1.29 is 33.7 Å². The van der Waals surface area contributed by atoms with Gasteiger partial charge in [-0.1, -0.05) is 24.8 Å². The quantitative estimate of drug-likeness (QED) is 0.347. The number of aliphatic hydroxyl groups is 1. The molecule has 1 aliphatic carbocycles. The van der Waals surface area contributed by atoms with Crippen LogP contribution in [0.4, 0.5) is 0 Å². The molecule has 7 heteroatoms. The molecule has 0 aromatic heterocycles. The lowest BCUT2D eigenvalue weighted by molar-refractivity contribution is -0.155. The summed E-state index contributed by atoms with van der Waals surface area (Å²) in [6.07, 6.45) is 0.799. The maximum atomic E-state index is 12.2. The van der Waals surface area contributed by atoms with Crippen molar-refractivity contribution in [3.05, 3.63) is 47.6 Å². The van der Waals surface area contributed by atoms with E-state index in [0.29, 0.717) is 12.8 Å². The zero-order chi connectivity index (χ0) is 20.3. The minimum atomic E-state index is -1.52.